The van der Waals surface area contributed by atoms with Gasteiger partial charge in [-0.15, -0.1) is 0 Å². The lowest BCUT2D eigenvalue weighted by atomic mass is 10.0. The van der Waals surface area contributed by atoms with Crippen molar-refractivity contribution in [3.63, 3.8) is 0 Å². The molecule has 0 bridgehead atoms. The highest BCUT2D eigenvalue weighted by Gasteiger charge is 2.02. The average molecular weight is 340 g/mol. The van der Waals surface area contributed by atoms with Crippen LogP contribution in [0.5, 0.6) is 0 Å². The monoisotopic (exact) mass is 339 g/mol. The molecule has 2 nitrogen and oxygen atoms in total. The molecule has 2 heteroatoms. The van der Waals surface area contributed by atoms with Gasteiger partial charge < -0.3 is 4.90 Å². The van der Waals surface area contributed by atoms with Crippen LogP contribution in [0.1, 0.15) is 116 Å². The number of rotatable bonds is 19. The molecule has 144 valence electrons. The van der Waals surface area contributed by atoms with E-state index in [2.05, 4.69) is 11.8 Å². The van der Waals surface area contributed by atoms with Gasteiger partial charge in [-0.3, -0.25) is 4.79 Å². The molecule has 0 saturated carbocycles. The van der Waals surface area contributed by atoms with Crippen molar-refractivity contribution in [2.45, 2.75) is 116 Å². The van der Waals surface area contributed by atoms with Crippen molar-refractivity contribution in [3.8, 4) is 0 Å². The lowest BCUT2D eigenvalue weighted by molar-refractivity contribution is -0.119. The number of unbranched alkanes of at least 4 members (excludes halogenated alkanes) is 14. The third-order valence-corrected chi connectivity index (χ3v) is 4.90. The van der Waals surface area contributed by atoms with Crippen molar-refractivity contribution in [1.82, 2.24) is 4.90 Å². The maximum absolute atomic E-state index is 11.7. The summed E-state index contributed by atoms with van der Waals surface area (Å²) < 4.78 is 0. The van der Waals surface area contributed by atoms with Crippen LogP contribution in [-0.4, -0.2) is 31.3 Å². The molecule has 0 aliphatic carbocycles. The van der Waals surface area contributed by atoms with Crippen molar-refractivity contribution >= 4 is 5.78 Å². The average Bonchev–Trinajstić information content (AvgIpc) is 2.56. The quantitative estimate of drug-likeness (QED) is 0.242. The maximum atomic E-state index is 11.7. The number of Topliss-reactive ketones (excluding diaryl/α,β-unsaturated/α-hetero) is 1. The van der Waals surface area contributed by atoms with Crippen LogP contribution in [0, 0.1) is 0 Å². The third kappa shape index (κ3) is 19.7. The first-order valence-corrected chi connectivity index (χ1v) is 10.8. The topological polar surface area (TPSA) is 20.3 Å². The number of carbonyl (C=O) groups is 1. The normalized spacial score (nSPS) is 11.3. The summed E-state index contributed by atoms with van der Waals surface area (Å²) in [5.41, 5.74) is 0. The molecule has 0 saturated heterocycles. The molecule has 0 aromatic carbocycles. The predicted octanol–water partition coefficient (Wildman–Crippen LogP) is 6.77. The summed E-state index contributed by atoms with van der Waals surface area (Å²) in [5.74, 6) is 0.443. The first-order chi connectivity index (χ1) is 11.7. The summed E-state index contributed by atoms with van der Waals surface area (Å²) >= 11 is 0. The smallest absolute Gasteiger partial charge is 0.134 e. The van der Waals surface area contributed by atoms with Crippen LogP contribution in [0.4, 0.5) is 0 Å². The Morgan fingerprint density at radius 1 is 0.583 bits per heavy atom. The highest BCUT2D eigenvalue weighted by Crippen LogP contribution is 2.13. The van der Waals surface area contributed by atoms with E-state index in [4.69, 9.17) is 0 Å². The number of nitrogens with zero attached hydrogens (tertiary/aromatic N) is 1. The highest BCUT2D eigenvalue weighted by atomic mass is 16.1. The van der Waals surface area contributed by atoms with E-state index in [0.29, 0.717) is 5.78 Å². The number of hydrogen-bond acceptors (Lipinski definition) is 2. The minimum atomic E-state index is 0.443. The maximum Gasteiger partial charge on any atom is 0.134 e. The Morgan fingerprint density at radius 2 is 0.958 bits per heavy atom. The van der Waals surface area contributed by atoms with Crippen LogP contribution in [0.15, 0.2) is 0 Å². The van der Waals surface area contributed by atoms with Crippen LogP contribution < -0.4 is 0 Å². The van der Waals surface area contributed by atoms with E-state index in [1.165, 1.54) is 89.9 Å². The summed E-state index contributed by atoms with van der Waals surface area (Å²) in [7, 11) is 4.06. The Morgan fingerprint density at radius 3 is 1.33 bits per heavy atom. The predicted molar refractivity (Wildman–Crippen MR) is 108 cm³/mol. The molecule has 0 amide bonds. The molecule has 0 heterocycles. The number of hydrogen-bond donors (Lipinski definition) is 0. The summed E-state index contributed by atoms with van der Waals surface area (Å²) in [6.07, 6.45) is 22.2. The molecule has 24 heavy (non-hydrogen) atoms. The van der Waals surface area contributed by atoms with Crippen LogP contribution in [-0.2, 0) is 4.79 Å². The Kier molecular flexibility index (Phi) is 18.7. The third-order valence-electron chi connectivity index (χ3n) is 4.90. The van der Waals surface area contributed by atoms with Gasteiger partial charge in [-0.05, 0) is 20.5 Å². The van der Waals surface area contributed by atoms with E-state index in [1.54, 1.807) is 0 Å². The molecule has 0 aliphatic heterocycles. The van der Waals surface area contributed by atoms with E-state index in [0.717, 1.165) is 25.8 Å². The minimum Gasteiger partial charge on any atom is -0.309 e. The Bertz CT molecular complexity index is 263. The number of ketones is 1. The van der Waals surface area contributed by atoms with Gasteiger partial charge in [0.2, 0.25) is 0 Å². The van der Waals surface area contributed by atoms with Crippen molar-refractivity contribution < 1.29 is 4.79 Å². The van der Waals surface area contributed by atoms with Gasteiger partial charge in [0.25, 0.3) is 0 Å². The Labute approximate surface area is 152 Å². The van der Waals surface area contributed by atoms with E-state index in [1.807, 2.05) is 14.1 Å². The van der Waals surface area contributed by atoms with Crippen LogP contribution in [0.3, 0.4) is 0 Å². The lowest BCUT2D eigenvalue weighted by Gasteiger charge is -2.08. The van der Waals surface area contributed by atoms with Gasteiger partial charge in [-0.2, -0.15) is 0 Å². The van der Waals surface area contributed by atoms with E-state index < -0.39 is 0 Å². The van der Waals surface area contributed by atoms with Gasteiger partial charge in [-0.25, -0.2) is 0 Å². The fourth-order valence-electron chi connectivity index (χ4n) is 3.17. The SMILES string of the molecule is CCCCCCCCCCCCCCCCCC(=O)CCN(C)C. The van der Waals surface area contributed by atoms with Gasteiger partial charge in [0, 0.05) is 19.4 Å². The second-order valence-corrected chi connectivity index (χ2v) is 7.79. The Hall–Kier alpha value is -0.370. The summed E-state index contributed by atoms with van der Waals surface area (Å²) in [6, 6.07) is 0. The first kappa shape index (κ1) is 23.6. The van der Waals surface area contributed by atoms with Gasteiger partial charge in [0.1, 0.15) is 5.78 Å². The molecule has 0 unspecified atom stereocenters. The lowest BCUT2D eigenvalue weighted by Crippen LogP contribution is -2.16. The molecular formula is C22H45NO. The molecule has 0 spiro atoms. The largest absolute Gasteiger partial charge is 0.309 e. The van der Waals surface area contributed by atoms with Crippen molar-refractivity contribution in [2.24, 2.45) is 0 Å². The van der Waals surface area contributed by atoms with Gasteiger partial charge in [-0.1, -0.05) is 96.8 Å². The van der Waals surface area contributed by atoms with Crippen LogP contribution in [0.25, 0.3) is 0 Å². The minimum absolute atomic E-state index is 0.443. The second-order valence-electron chi connectivity index (χ2n) is 7.79. The van der Waals surface area contributed by atoms with Crippen molar-refractivity contribution in [2.75, 3.05) is 20.6 Å². The zero-order chi connectivity index (χ0) is 17.9. The van der Waals surface area contributed by atoms with Crippen molar-refractivity contribution in [3.05, 3.63) is 0 Å². The van der Waals surface area contributed by atoms with Crippen molar-refractivity contribution in [1.29, 1.82) is 0 Å². The zero-order valence-electron chi connectivity index (χ0n) is 17.1. The standard InChI is InChI=1S/C22H45NO/c1-4-5-6-7-8-9-10-11-12-13-14-15-16-17-18-19-22(24)20-21-23(2)3/h4-21H2,1-3H3. The fourth-order valence-corrected chi connectivity index (χ4v) is 3.17. The molecule has 0 atom stereocenters. The van der Waals surface area contributed by atoms with E-state index in [-0.39, 0.29) is 0 Å². The number of carbonyl (C=O) groups excluding carboxylic acids is 1. The van der Waals surface area contributed by atoms with Gasteiger partial charge >= 0.3 is 0 Å². The summed E-state index contributed by atoms with van der Waals surface area (Å²) in [4.78, 5) is 13.7. The molecule has 0 aromatic heterocycles. The molecule has 0 aliphatic rings. The first-order valence-electron chi connectivity index (χ1n) is 10.8. The van der Waals surface area contributed by atoms with E-state index >= 15 is 0 Å². The summed E-state index contributed by atoms with van der Waals surface area (Å²) in [6.45, 7) is 3.18. The second kappa shape index (κ2) is 19.0. The summed E-state index contributed by atoms with van der Waals surface area (Å²) in [5, 5.41) is 0. The highest BCUT2D eigenvalue weighted by molar-refractivity contribution is 5.78. The molecule has 0 rings (SSSR count). The van der Waals surface area contributed by atoms with E-state index in [9.17, 15) is 4.79 Å². The zero-order valence-corrected chi connectivity index (χ0v) is 17.1. The molecule has 0 fully saturated rings. The van der Waals surface area contributed by atoms with Gasteiger partial charge in [0.15, 0.2) is 0 Å². The molecule has 0 aromatic rings. The van der Waals surface area contributed by atoms with Crippen LogP contribution >= 0.6 is 0 Å². The molecule has 0 N–H and O–H groups in total. The van der Waals surface area contributed by atoms with Crippen LogP contribution in [0.2, 0.25) is 0 Å². The molecular weight excluding hydrogens is 294 g/mol. The Balaban J connectivity index is 3.08. The van der Waals surface area contributed by atoms with Gasteiger partial charge in [0.05, 0.1) is 0 Å². The molecule has 0 radical (unpaired) electrons. The fraction of sp³-hybridized carbons (Fsp3) is 0.955.